The lowest BCUT2D eigenvalue weighted by Gasteiger charge is -2.31. The van der Waals surface area contributed by atoms with Gasteiger partial charge in [0.15, 0.2) is 0 Å². The molecule has 0 heterocycles. The molecule has 2 aliphatic carbocycles. The van der Waals surface area contributed by atoms with Crippen molar-refractivity contribution in [1.82, 2.24) is 0 Å². The predicted molar refractivity (Wildman–Crippen MR) is 170 cm³/mol. The first kappa shape index (κ1) is 23.9. The van der Waals surface area contributed by atoms with Gasteiger partial charge < -0.3 is 0 Å². The van der Waals surface area contributed by atoms with E-state index < -0.39 is 0 Å². The summed E-state index contributed by atoms with van der Waals surface area (Å²) in [6.07, 6.45) is 12.8. The molecule has 0 N–H and O–H groups in total. The molecule has 2 aliphatic rings. The summed E-state index contributed by atoms with van der Waals surface area (Å²) in [6, 6.07) is 33.5. The van der Waals surface area contributed by atoms with E-state index in [1.54, 1.807) is 5.57 Å². The van der Waals surface area contributed by atoms with E-state index in [1.165, 1.54) is 65.4 Å². The van der Waals surface area contributed by atoms with Gasteiger partial charge in [0.1, 0.15) is 0 Å². The molecule has 5 aromatic rings. The van der Waals surface area contributed by atoms with Gasteiger partial charge in [0.05, 0.1) is 0 Å². The van der Waals surface area contributed by atoms with Gasteiger partial charge in [-0.2, -0.15) is 0 Å². The van der Waals surface area contributed by atoms with Crippen molar-refractivity contribution in [2.75, 3.05) is 0 Å². The second-order valence-corrected chi connectivity index (χ2v) is 12.1. The minimum atomic E-state index is 0.148. The maximum atomic E-state index is 2.54. The van der Waals surface area contributed by atoms with Crippen molar-refractivity contribution < 1.29 is 0 Å². The number of fused-ring (bicyclic) bond motifs is 4. The van der Waals surface area contributed by atoms with E-state index in [0.717, 1.165) is 19.3 Å². The molecule has 0 bridgehead atoms. The largest absolute Gasteiger partial charge is 0.0722 e. The van der Waals surface area contributed by atoms with Gasteiger partial charge in [0.25, 0.3) is 0 Å². The van der Waals surface area contributed by atoms with Crippen molar-refractivity contribution in [3.8, 4) is 11.1 Å². The highest BCUT2D eigenvalue weighted by molar-refractivity contribution is 6.09. The summed E-state index contributed by atoms with van der Waals surface area (Å²) in [5.41, 5.74) is 10.1. The topological polar surface area (TPSA) is 0 Å². The Labute approximate surface area is 231 Å². The Balaban J connectivity index is 1.56. The SMILES string of the molecule is CC(C)(C)C1=Cc2c(c(C3=CC=c4ccccc4=CC3)c3ccccc3c2-c2ccc3ccccc3c2)CC1. The molecule has 39 heavy (non-hydrogen) atoms. The van der Waals surface area contributed by atoms with E-state index in [9.17, 15) is 0 Å². The summed E-state index contributed by atoms with van der Waals surface area (Å²) in [7, 11) is 0. The lowest BCUT2D eigenvalue weighted by atomic mass is 9.73. The van der Waals surface area contributed by atoms with Crippen molar-refractivity contribution in [2.45, 2.75) is 40.0 Å². The molecule has 0 aliphatic heterocycles. The van der Waals surface area contributed by atoms with Crippen LogP contribution in [0.25, 0.3) is 56.5 Å². The number of hydrogen-bond acceptors (Lipinski definition) is 0. The van der Waals surface area contributed by atoms with Crippen molar-refractivity contribution in [2.24, 2.45) is 5.41 Å². The van der Waals surface area contributed by atoms with E-state index in [-0.39, 0.29) is 5.41 Å². The molecule has 0 unspecified atom stereocenters. The van der Waals surface area contributed by atoms with Gasteiger partial charge in [-0.15, -0.1) is 0 Å². The summed E-state index contributed by atoms with van der Waals surface area (Å²) in [5.74, 6) is 0. The van der Waals surface area contributed by atoms with Crippen LogP contribution in [0.4, 0.5) is 0 Å². The van der Waals surface area contributed by atoms with E-state index in [2.05, 4.69) is 136 Å². The molecule has 5 aromatic carbocycles. The quantitative estimate of drug-likeness (QED) is 0.226. The second kappa shape index (κ2) is 9.24. The maximum Gasteiger partial charge on any atom is -0.00294 e. The second-order valence-electron chi connectivity index (χ2n) is 12.1. The summed E-state index contributed by atoms with van der Waals surface area (Å²) >= 11 is 0. The Morgan fingerprint density at radius 2 is 1.31 bits per heavy atom. The lowest BCUT2D eigenvalue weighted by molar-refractivity contribution is 0.484. The Morgan fingerprint density at radius 3 is 2.10 bits per heavy atom. The van der Waals surface area contributed by atoms with Gasteiger partial charge in [-0.3, -0.25) is 0 Å². The monoisotopic (exact) mass is 502 g/mol. The van der Waals surface area contributed by atoms with E-state index in [0.29, 0.717) is 0 Å². The molecular formula is C39H34. The molecule has 0 saturated heterocycles. The van der Waals surface area contributed by atoms with Gasteiger partial charge in [0.2, 0.25) is 0 Å². The smallest absolute Gasteiger partial charge is 0.00294 e. The Bertz CT molecular complexity index is 1950. The van der Waals surface area contributed by atoms with E-state index in [1.807, 2.05) is 0 Å². The predicted octanol–water partition coefficient (Wildman–Crippen LogP) is 9.08. The van der Waals surface area contributed by atoms with Gasteiger partial charge in [-0.25, -0.2) is 0 Å². The molecule has 0 heteroatoms. The molecule has 0 amide bonds. The third-order valence-corrected chi connectivity index (χ3v) is 8.65. The summed E-state index contributed by atoms with van der Waals surface area (Å²) < 4.78 is 0. The fourth-order valence-corrected chi connectivity index (χ4v) is 6.56. The zero-order valence-electron chi connectivity index (χ0n) is 23.1. The minimum Gasteiger partial charge on any atom is -0.0722 e. The van der Waals surface area contributed by atoms with Crippen molar-refractivity contribution in [1.29, 1.82) is 0 Å². The van der Waals surface area contributed by atoms with E-state index >= 15 is 0 Å². The normalized spacial score (nSPS) is 14.9. The summed E-state index contributed by atoms with van der Waals surface area (Å²) in [4.78, 5) is 0. The molecule has 0 saturated carbocycles. The number of benzene rings is 5. The standard InChI is InChI=1S/C39H34/c1-39(2,3)32-22-23-35-36(25-32)38(31-21-18-28-12-6-7-13-30(28)24-31)34-15-9-8-14-33(34)37(35)29-19-16-26-10-4-5-11-27(26)17-20-29/h4-19,21,24-25H,20,22-23H2,1-3H3. The molecule has 0 atom stereocenters. The fraction of sp³-hybridized carbons (Fsp3) is 0.179. The third-order valence-electron chi connectivity index (χ3n) is 8.65. The molecule has 190 valence electrons. The first-order valence-corrected chi connectivity index (χ1v) is 14.2. The Hall–Kier alpha value is -4.16. The van der Waals surface area contributed by atoms with E-state index in [4.69, 9.17) is 0 Å². The molecule has 0 nitrogen and oxygen atoms in total. The van der Waals surface area contributed by atoms with Crippen molar-refractivity contribution >= 4 is 45.3 Å². The maximum absolute atomic E-state index is 2.54. The molecule has 7 rings (SSSR count). The Kier molecular flexibility index (Phi) is 5.67. The van der Waals surface area contributed by atoms with Crippen LogP contribution < -0.4 is 10.4 Å². The first-order chi connectivity index (χ1) is 19.0. The molecule has 0 spiro atoms. The zero-order valence-corrected chi connectivity index (χ0v) is 23.1. The highest BCUT2D eigenvalue weighted by Crippen LogP contribution is 2.47. The van der Waals surface area contributed by atoms with Gasteiger partial charge >= 0.3 is 0 Å². The van der Waals surface area contributed by atoms with Crippen LogP contribution in [0.3, 0.4) is 0 Å². The van der Waals surface area contributed by atoms with Gasteiger partial charge in [-0.1, -0.05) is 136 Å². The van der Waals surface area contributed by atoms with Gasteiger partial charge in [-0.05, 0) is 96.1 Å². The fourth-order valence-electron chi connectivity index (χ4n) is 6.56. The van der Waals surface area contributed by atoms with Crippen LogP contribution in [0.15, 0.2) is 103 Å². The average molecular weight is 503 g/mol. The highest BCUT2D eigenvalue weighted by atomic mass is 14.3. The molecular weight excluding hydrogens is 468 g/mol. The average Bonchev–Trinajstić information content (AvgIpc) is 3.17. The molecule has 0 fully saturated rings. The van der Waals surface area contributed by atoms with Crippen molar-refractivity contribution in [3.05, 3.63) is 130 Å². The first-order valence-electron chi connectivity index (χ1n) is 14.2. The zero-order chi connectivity index (χ0) is 26.6. The summed E-state index contributed by atoms with van der Waals surface area (Å²) in [5, 5.41) is 7.91. The number of rotatable bonds is 2. The van der Waals surface area contributed by atoms with Crippen LogP contribution in [-0.4, -0.2) is 0 Å². The minimum absolute atomic E-state index is 0.148. The highest BCUT2D eigenvalue weighted by Gasteiger charge is 2.27. The number of hydrogen-bond donors (Lipinski definition) is 0. The van der Waals surface area contributed by atoms with Crippen molar-refractivity contribution in [3.63, 3.8) is 0 Å². The van der Waals surface area contributed by atoms with Crippen LogP contribution in [0, 0.1) is 5.41 Å². The van der Waals surface area contributed by atoms with Crippen LogP contribution in [-0.2, 0) is 6.42 Å². The van der Waals surface area contributed by atoms with Gasteiger partial charge in [0, 0.05) is 0 Å². The Morgan fingerprint density at radius 1 is 0.615 bits per heavy atom. The number of allylic oxidation sites excluding steroid dienone is 3. The van der Waals surface area contributed by atoms with Crippen LogP contribution >= 0.6 is 0 Å². The molecule has 0 radical (unpaired) electrons. The summed E-state index contributed by atoms with van der Waals surface area (Å²) in [6.45, 7) is 7.07. The lowest BCUT2D eigenvalue weighted by Crippen LogP contribution is -2.22. The van der Waals surface area contributed by atoms with Crippen LogP contribution in [0.1, 0.15) is 50.3 Å². The van der Waals surface area contributed by atoms with Crippen LogP contribution in [0.5, 0.6) is 0 Å². The molecule has 0 aromatic heterocycles. The van der Waals surface area contributed by atoms with Crippen LogP contribution in [0.2, 0.25) is 0 Å². The third kappa shape index (κ3) is 4.16.